The molecule has 0 amide bonds. The van der Waals surface area contributed by atoms with Crippen molar-refractivity contribution < 1.29 is 28.7 Å². The van der Waals surface area contributed by atoms with E-state index in [1.165, 1.54) is 6.92 Å². The average molecular weight is 559 g/mol. The zero-order chi connectivity index (χ0) is 29.7. The van der Waals surface area contributed by atoms with Crippen LogP contribution in [-0.4, -0.2) is 133 Å². The molecule has 2 rings (SSSR count). The fourth-order valence-corrected chi connectivity index (χ4v) is 4.94. The van der Waals surface area contributed by atoms with E-state index in [4.69, 9.17) is 4.74 Å². The van der Waals surface area contributed by atoms with Crippen molar-refractivity contribution in [2.75, 3.05) is 78.6 Å². The summed E-state index contributed by atoms with van der Waals surface area (Å²) in [6.07, 6.45) is 0.508. The van der Waals surface area contributed by atoms with E-state index < -0.39 is 0 Å². The Morgan fingerprint density at radius 1 is 0.625 bits per heavy atom. The number of carbonyl (C=O) groups excluding carboxylic acids is 5. The molecule has 0 aromatic heterocycles. The molecule has 0 aliphatic carbocycles. The molecule has 1 aromatic carbocycles. The number of ketones is 5. The van der Waals surface area contributed by atoms with Crippen molar-refractivity contribution in [1.29, 1.82) is 0 Å². The standard InChI is InChI=1S/C30H46N4O6/c1-23(35)19-31-10-12-32(20-24(2)36)14-16-34(17-15-33(13-11-31)21-25(3)37)30(27(5)39)18-28-6-8-29(9-7-28)40-22-26(4)38/h6-9,30H,10-22H2,1-5H3. The SMILES string of the molecule is CC(=O)COc1ccc(CC(C(C)=O)N2CCN(CC(C)=O)CCN(CC(C)=O)CCN(CC(C)=O)CC2)cc1. The van der Waals surface area contributed by atoms with Gasteiger partial charge in [-0.3, -0.25) is 43.6 Å². The fraction of sp³-hybridized carbons (Fsp3) is 0.633. The van der Waals surface area contributed by atoms with Gasteiger partial charge in [-0.05, 0) is 58.7 Å². The minimum Gasteiger partial charge on any atom is -0.486 e. The second kappa shape index (κ2) is 17.1. The summed E-state index contributed by atoms with van der Waals surface area (Å²) in [7, 11) is 0. The van der Waals surface area contributed by atoms with Crippen LogP contribution in [0.1, 0.15) is 40.2 Å². The maximum Gasteiger partial charge on any atom is 0.167 e. The van der Waals surface area contributed by atoms with Crippen LogP contribution in [0.4, 0.5) is 0 Å². The lowest BCUT2D eigenvalue weighted by Gasteiger charge is -2.36. The van der Waals surface area contributed by atoms with Crippen molar-refractivity contribution in [1.82, 2.24) is 19.6 Å². The Labute approximate surface area is 238 Å². The third-order valence-electron chi connectivity index (χ3n) is 6.92. The van der Waals surface area contributed by atoms with E-state index in [-0.39, 0.29) is 41.6 Å². The van der Waals surface area contributed by atoms with Gasteiger partial charge in [0.05, 0.1) is 25.7 Å². The molecule has 1 aromatic rings. The quantitative estimate of drug-likeness (QED) is 0.350. The molecule has 10 nitrogen and oxygen atoms in total. The number of benzene rings is 1. The molecular weight excluding hydrogens is 512 g/mol. The Hall–Kier alpha value is -2.79. The highest BCUT2D eigenvalue weighted by molar-refractivity contribution is 5.82. The smallest absolute Gasteiger partial charge is 0.167 e. The van der Waals surface area contributed by atoms with Gasteiger partial charge in [0.25, 0.3) is 0 Å². The average Bonchev–Trinajstić information content (AvgIpc) is 2.86. The van der Waals surface area contributed by atoms with Gasteiger partial charge in [0.2, 0.25) is 0 Å². The van der Waals surface area contributed by atoms with Crippen molar-refractivity contribution in [2.24, 2.45) is 0 Å². The molecule has 222 valence electrons. The second-order valence-electron chi connectivity index (χ2n) is 10.9. The van der Waals surface area contributed by atoms with Gasteiger partial charge < -0.3 is 4.74 Å². The topological polar surface area (TPSA) is 108 Å². The largest absolute Gasteiger partial charge is 0.486 e. The van der Waals surface area contributed by atoms with E-state index in [2.05, 4.69) is 19.6 Å². The third-order valence-corrected chi connectivity index (χ3v) is 6.92. The van der Waals surface area contributed by atoms with Gasteiger partial charge in [-0.2, -0.15) is 0 Å². The van der Waals surface area contributed by atoms with Gasteiger partial charge in [-0.25, -0.2) is 0 Å². The summed E-state index contributed by atoms with van der Waals surface area (Å²) < 4.78 is 5.47. The number of rotatable bonds is 13. The summed E-state index contributed by atoms with van der Waals surface area (Å²) in [4.78, 5) is 68.5. The van der Waals surface area contributed by atoms with E-state index in [9.17, 15) is 24.0 Å². The van der Waals surface area contributed by atoms with E-state index in [1.807, 2.05) is 24.3 Å². The van der Waals surface area contributed by atoms with Crippen LogP contribution < -0.4 is 4.74 Å². The molecule has 0 bridgehead atoms. The Kier molecular flexibility index (Phi) is 14.3. The number of ether oxygens (including phenoxy) is 1. The molecule has 0 saturated carbocycles. The fourth-order valence-electron chi connectivity index (χ4n) is 4.94. The van der Waals surface area contributed by atoms with Crippen LogP contribution in [-0.2, 0) is 30.4 Å². The van der Waals surface area contributed by atoms with Crippen molar-refractivity contribution in [3.05, 3.63) is 29.8 Å². The van der Waals surface area contributed by atoms with Gasteiger partial charge in [-0.1, -0.05) is 12.1 Å². The third kappa shape index (κ3) is 13.0. The number of nitrogens with zero attached hydrogens (tertiary/aromatic N) is 4. The number of Topliss-reactive ketones (excluding diaryl/α,β-unsaturated/α-hetero) is 5. The van der Waals surface area contributed by atoms with E-state index >= 15 is 0 Å². The first-order chi connectivity index (χ1) is 18.9. The maximum absolute atomic E-state index is 13.0. The Morgan fingerprint density at radius 3 is 1.38 bits per heavy atom. The van der Waals surface area contributed by atoms with E-state index in [0.717, 1.165) is 5.56 Å². The van der Waals surface area contributed by atoms with Gasteiger partial charge in [-0.15, -0.1) is 0 Å². The van der Waals surface area contributed by atoms with Crippen LogP contribution in [0, 0.1) is 0 Å². The number of hydrogen-bond donors (Lipinski definition) is 0. The summed E-state index contributed by atoms with van der Waals surface area (Å²) in [5.41, 5.74) is 0.975. The molecule has 0 N–H and O–H groups in total. The first kappa shape index (κ1) is 33.4. The summed E-state index contributed by atoms with van der Waals surface area (Å²) in [5, 5.41) is 0. The summed E-state index contributed by atoms with van der Waals surface area (Å²) in [6.45, 7) is 13.6. The number of hydrogen-bond acceptors (Lipinski definition) is 10. The Balaban J connectivity index is 2.26. The van der Waals surface area contributed by atoms with Crippen LogP contribution >= 0.6 is 0 Å². The van der Waals surface area contributed by atoms with Gasteiger partial charge in [0.1, 0.15) is 35.5 Å². The van der Waals surface area contributed by atoms with Crippen LogP contribution in [0.5, 0.6) is 5.75 Å². The van der Waals surface area contributed by atoms with Crippen LogP contribution in [0.3, 0.4) is 0 Å². The molecule has 1 unspecified atom stereocenters. The molecule has 1 heterocycles. The highest BCUT2D eigenvalue weighted by Gasteiger charge is 2.26. The molecule has 0 radical (unpaired) electrons. The first-order valence-corrected chi connectivity index (χ1v) is 14.0. The lowest BCUT2D eigenvalue weighted by molar-refractivity contribution is -0.123. The Morgan fingerprint density at radius 2 is 1.02 bits per heavy atom. The lowest BCUT2D eigenvalue weighted by Crippen LogP contribution is -2.51. The monoisotopic (exact) mass is 558 g/mol. The molecular formula is C30H46N4O6. The molecule has 1 saturated heterocycles. The van der Waals surface area contributed by atoms with Gasteiger partial charge >= 0.3 is 0 Å². The normalized spacial score (nSPS) is 17.8. The van der Waals surface area contributed by atoms with Crippen molar-refractivity contribution >= 4 is 28.9 Å². The molecule has 0 spiro atoms. The summed E-state index contributed by atoms with van der Waals surface area (Å²) in [6, 6.07) is 7.06. The minimum absolute atomic E-state index is 0.0171. The van der Waals surface area contributed by atoms with Crippen molar-refractivity contribution in [3.8, 4) is 5.75 Å². The van der Waals surface area contributed by atoms with Crippen molar-refractivity contribution in [3.63, 3.8) is 0 Å². The van der Waals surface area contributed by atoms with Crippen LogP contribution in [0.25, 0.3) is 0 Å². The summed E-state index contributed by atoms with van der Waals surface area (Å²) in [5.74, 6) is 0.813. The zero-order valence-electron chi connectivity index (χ0n) is 24.8. The van der Waals surface area contributed by atoms with E-state index in [0.29, 0.717) is 84.2 Å². The predicted molar refractivity (Wildman–Crippen MR) is 154 cm³/mol. The van der Waals surface area contributed by atoms with Gasteiger partial charge in [0.15, 0.2) is 5.78 Å². The Bertz CT molecular complexity index is 980. The lowest BCUT2D eigenvalue weighted by atomic mass is 10.0. The molecule has 1 atom stereocenters. The molecule has 40 heavy (non-hydrogen) atoms. The first-order valence-electron chi connectivity index (χ1n) is 14.0. The predicted octanol–water partition coefficient (Wildman–Crippen LogP) is 1.14. The highest BCUT2D eigenvalue weighted by Crippen LogP contribution is 2.17. The highest BCUT2D eigenvalue weighted by atomic mass is 16.5. The van der Waals surface area contributed by atoms with E-state index in [1.54, 1.807) is 27.7 Å². The maximum atomic E-state index is 13.0. The van der Waals surface area contributed by atoms with Gasteiger partial charge in [0, 0.05) is 52.4 Å². The summed E-state index contributed by atoms with van der Waals surface area (Å²) >= 11 is 0. The number of carbonyl (C=O) groups is 5. The second-order valence-corrected chi connectivity index (χ2v) is 10.9. The zero-order valence-corrected chi connectivity index (χ0v) is 24.8. The van der Waals surface area contributed by atoms with Crippen LogP contribution in [0.15, 0.2) is 24.3 Å². The molecule has 10 heteroatoms. The molecule has 1 aliphatic heterocycles. The van der Waals surface area contributed by atoms with Crippen LogP contribution in [0.2, 0.25) is 0 Å². The molecule has 1 aliphatic rings. The van der Waals surface area contributed by atoms with Crippen molar-refractivity contribution in [2.45, 2.75) is 47.1 Å². The minimum atomic E-state index is -0.375. The molecule has 1 fully saturated rings.